The van der Waals surface area contributed by atoms with Gasteiger partial charge in [-0.2, -0.15) is 15.1 Å². The first-order valence-electron chi connectivity index (χ1n) is 9.57. The lowest BCUT2D eigenvalue weighted by Crippen LogP contribution is -2.21. The SMILES string of the molecule is CCCCn1ncc2c(Nc3cccc(C)c3)nc(N3CCCC3)nc21. The van der Waals surface area contributed by atoms with Crippen molar-refractivity contribution in [2.45, 2.75) is 46.1 Å². The Labute approximate surface area is 154 Å². The maximum Gasteiger partial charge on any atom is 0.229 e. The first-order valence-corrected chi connectivity index (χ1v) is 9.57. The molecule has 6 nitrogen and oxygen atoms in total. The van der Waals surface area contributed by atoms with E-state index in [0.29, 0.717) is 0 Å². The molecule has 3 heterocycles. The largest absolute Gasteiger partial charge is 0.341 e. The van der Waals surface area contributed by atoms with E-state index < -0.39 is 0 Å². The summed E-state index contributed by atoms with van der Waals surface area (Å²) >= 11 is 0. The average Bonchev–Trinajstić information content (AvgIpc) is 3.30. The summed E-state index contributed by atoms with van der Waals surface area (Å²) in [5, 5.41) is 9.04. The topological polar surface area (TPSA) is 58.9 Å². The monoisotopic (exact) mass is 350 g/mol. The Kier molecular flexibility index (Phi) is 4.73. The number of benzene rings is 1. The Balaban J connectivity index is 1.77. The van der Waals surface area contributed by atoms with E-state index in [0.717, 1.165) is 61.0 Å². The lowest BCUT2D eigenvalue weighted by molar-refractivity contribution is 0.584. The second-order valence-electron chi connectivity index (χ2n) is 7.02. The number of anilines is 3. The van der Waals surface area contributed by atoms with Gasteiger partial charge < -0.3 is 10.2 Å². The highest BCUT2D eigenvalue weighted by Crippen LogP contribution is 2.28. The van der Waals surface area contributed by atoms with E-state index in [4.69, 9.17) is 9.97 Å². The summed E-state index contributed by atoms with van der Waals surface area (Å²) in [6.07, 6.45) is 6.53. The first kappa shape index (κ1) is 16.8. The predicted molar refractivity (Wildman–Crippen MR) is 106 cm³/mol. The lowest BCUT2D eigenvalue weighted by Gasteiger charge is -2.17. The second-order valence-corrected chi connectivity index (χ2v) is 7.02. The third-order valence-electron chi connectivity index (χ3n) is 4.88. The Bertz CT molecular complexity index is 894. The molecule has 1 saturated heterocycles. The second kappa shape index (κ2) is 7.32. The van der Waals surface area contributed by atoms with Crippen molar-refractivity contribution in [2.24, 2.45) is 0 Å². The lowest BCUT2D eigenvalue weighted by atomic mass is 10.2. The minimum absolute atomic E-state index is 0.809. The smallest absolute Gasteiger partial charge is 0.229 e. The first-order chi connectivity index (χ1) is 12.7. The van der Waals surface area contributed by atoms with Crippen molar-refractivity contribution in [1.82, 2.24) is 19.7 Å². The molecule has 0 radical (unpaired) electrons. The molecule has 0 saturated carbocycles. The fourth-order valence-corrected chi connectivity index (χ4v) is 3.43. The quantitative estimate of drug-likeness (QED) is 0.719. The molecule has 1 N–H and O–H groups in total. The van der Waals surface area contributed by atoms with E-state index in [9.17, 15) is 0 Å². The van der Waals surface area contributed by atoms with Crippen LogP contribution in [0.1, 0.15) is 38.2 Å². The number of hydrogen-bond acceptors (Lipinski definition) is 5. The van der Waals surface area contributed by atoms with Crippen molar-refractivity contribution in [3.05, 3.63) is 36.0 Å². The minimum atomic E-state index is 0.809. The van der Waals surface area contributed by atoms with Crippen LogP contribution in [-0.2, 0) is 6.54 Å². The van der Waals surface area contributed by atoms with Gasteiger partial charge in [0.05, 0.1) is 11.6 Å². The standard InChI is InChI=1S/C20H26N6/c1-3-4-12-26-19-17(14-21-26)18(22-16-9-7-8-15(2)13-16)23-20(24-19)25-10-5-6-11-25/h7-9,13-14H,3-6,10-12H2,1-2H3,(H,22,23,24). The van der Waals surface area contributed by atoms with Crippen LogP contribution in [0.4, 0.5) is 17.5 Å². The number of aryl methyl sites for hydroxylation is 2. The van der Waals surface area contributed by atoms with Crippen molar-refractivity contribution in [3.8, 4) is 0 Å². The van der Waals surface area contributed by atoms with Crippen molar-refractivity contribution in [2.75, 3.05) is 23.3 Å². The molecule has 0 spiro atoms. The zero-order valence-electron chi connectivity index (χ0n) is 15.6. The Morgan fingerprint density at radius 2 is 2.00 bits per heavy atom. The van der Waals surface area contributed by atoms with Crippen LogP contribution in [0.25, 0.3) is 11.0 Å². The maximum atomic E-state index is 4.87. The molecule has 136 valence electrons. The number of hydrogen-bond donors (Lipinski definition) is 1. The Morgan fingerprint density at radius 3 is 2.77 bits per heavy atom. The third kappa shape index (κ3) is 3.36. The molecule has 0 bridgehead atoms. The fourth-order valence-electron chi connectivity index (χ4n) is 3.43. The van der Waals surface area contributed by atoms with Crippen LogP contribution in [0.5, 0.6) is 0 Å². The molecule has 0 aliphatic carbocycles. The predicted octanol–water partition coefficient (Wildman–Crippen LogP) is 4.28. The van der Waals surface area contributed by atoms with Crippen LogP contribution in [0.3, 0.4) is 0 Å². The van der Waals surface area contributed by atoms with Crippen LogP contribution < -0.4 is 10.2 Å². The molecule has 2 aromatic heterocycles. The summed E-state index contributed by atoms with van der Waals surface area (Å²) in [7, 11) is 0. The normalized spacial score (nSPS) is 14.3. The van der Waals surface area contributed by atoms with Crippen molar-refractivity contribution >= 4 is 28.5 Å². The summed E-state index contributed by atoms with van der Waals surface area (Å²) in [6.45, 7) is 7.23. The molecule has 0 unspecified atom stereocenters. The van der Waals surface area contributed by atoms with E-state index in [1.807, 2.05) is 10.9 Å². The van der Waals surface area contributed by atoms with E-state index in [1.54, 1.807) is 0 Å². The summed E-state index contributed by atoms with van der Waals surface area (Å²) in [5.74, 6) is 1.65. The number of fused-ring (bicyclic) bond motifs is 1. The molecule has 4 rings (SSSR count). The summed E-state index contributed by atoms with van der Waals surface area (Å²) in [4.78, 5) is 12.0. The summed E-state index contributed by atoms with van der Waals surface area (Å²) in [5.41, 5.74) is 3.18. The molecule has 0 atom stereocenters. The molecule has 1 aliphatic rings. The average molecular weight is 350 g/mol. The summed E-state index contributed by atoms with van der Waals surface area (Å²) < 4.78 is 2.02. The number of unbranched alkanes of at least 4 members (excludes halogenated alkanes) is 1. The summed E-state index contributed by atoms with van der Waals surface area (Å²) in [6, 6.07) is 8.35. The van der Waals surface area contributed by atoms with Gasteiger partial charge in [0.2, 0.25) is 5.95 Å². The Hall–Kier alpha value is -2.63. The molecule has 1 fully saturated rings. The number of rotatable bonds is 6. The number of nitrogens with one attached hydrogen (secondary N) is 1. The Morgan fingerprint density at radius 1 is 1.15 bits per heavy atom. The zero-order chi connectivity index (χ0) is 17.9. The van der Waals surface area contributed by atoms with Crippen molar-refractivity contribution in [1.29, 1.82) is 0 Å². The van der Waals surface area contributed by atoms with Crippen LogP contribution >= 0.6 is 0 Å². The molecular formula is C20H26N6. The molecule has 6 heteroatoms. The van der Waals surface area contributed by atoms with Gasteiger partial charge in [-0.15, -0.1) is 0 Å². The van der Waals surface area contributed by atoms with Crippen LogP contribution in [-0.4, -0.2) is 32.8 Å². The third-order valence-corrected chi connectivity index (χ3v) is 4.88. The molecule has 0 amide bonds. The van der Waals surface area contributed by atoms with Gasteiger partial charge >= 0.3 is 0 Å². The minimum Gasteiger partial charge on any atom is -0.341 e. The molecular weight excluding hydrogens is 324 g/mol. The van der Waals surface area contributed by atoms with Gasteiger partial charge in [-0.3, -0.25) is 0 Å². The van der Waals surface area contributed by atoms with E-state index in [-0.39, 0.29) is 0 Å². The zero-order valence-corrected chi connectivity index (χ0v) is 15.6. The number of aromatic nitrogens is 4. The van der Waals surface area contributed by atoms with Gasteiger partial charge in [0.25, 0.3) is 0 Å². The number of nitrogens with zero attached hydrogens (tertiary/aromatic N) is 5. The molecule has 26 heavy (non-hydrogen) atoms. The van der Waals surface area contributed by atoms with Gasteiger partial charge in [0, 0.05) is 25.3 Å². The maximum absolute atomic E-state index is 4.87. The highest BCUT2D eigenvalue weighted by atomic mass is 15.3. The molecule has 1 aromatic carbocycles. The highest BCUT2D eigenvalue weighted by molar-refractivity contribution is 5.89. The molecule has 3 aromatic rings. The van der Waals surface area contributed by atoms with E-state index >= 15 is 0 Å². The van der Waals surface area contributed by atoms with Crippen molar-refractivity contribution in [3.63, 3.8) is 0 Å². The van der Waals surface area contributed by atoms with Gasteiger partial charge in [-0.05, 0) is 43.9 Å². The van der Waals surface area contributed by atoms with Gasteiger partial charge in [0.1, 0.15) is 5.82 Å². The van der Waals surface area contributed by atoms with E-state index in [2.05, 4.69) is 53.4 Å². The van der Waals surface area contributed by atoms with Gasteiger partial charge in [-0.1, -0.05) is 25.5 Å². The van der Waals surface area contributed by atoms with Crippen molar-refractivity contribution < 1.29 is 0 Å². The van der Waals surface area contributed by atoms with Crippen LogP contribution in [0.15, 0.2) is 30.5 Å². The molecule has 1 aliphatic heterocycles. The van der Waals surface area contributed by atoms with E-state index in [1.165, 1.54) is 18.4 Å². The van der Waals surface area contributed by atoms with Gasteiger partial charge in [0.15, 0.2) is 5.65 Å². The van der Waals surface area contributed by atoms with Crippen LogP contribution in [0.2, 0.25) is 0 Å². The van der Waals surface area contributed by atoms with Crippen LogP contribution in [0, 0.1) is 6.92 Å². The van der Waals surface area contributed by atoms with Gasteiger partial charge in [-0.25, -0.2) is 4.68 Å². The fraction of sp³-hybridized carbons (Fsp3) is 0.450. The highest BCUT2D eigenvalue weighted by Gasteiger charge is 2.19.